The summed E-state index contributed by atoms with van der Waals surface area (Å²) in [6.07, 6.45) is 3.91. The summed E-state index contributed by atoms with van der Waals surface area (Å²) in [5.41, 5.74) is 12.4. The Hall–Kier alpha value is -4.25. The monoisotopic (exact) mass is 423 g/mol. The smallest absolute Gasteiger partial charge is 0.221 e. The van der Waals surface area contributed by atoms with E-state index in [2.05, 4.69) is 44.5 Å². The molecule has 8 nitrogen and oxygen atoms in total. The number of ether oxygens (including phenoxy) is 1. The van der Waals surface area contributed by atoms with Gasteiger partial charge >= 0.3 is 0 Å². The molecule has 0 atom stereocenters. The van der Waals surface area contributed by atoms with E-state index in [-0.39, 0.29) is 5.95 Å². The molecule has 0 saturated heterocycles. The maximum absolute atomic E-state index is 9.34. The van der Waals surface area contributed by atoms with Gasteiger partial charge in [-0.3, -0.25) is 0 Å². The Morgan fingerprint density at radius 2 is 1.97 bits per heavy atom. The van der Waals surface area contributed by atoms with Crippen molar-refractivity contribution < 1.29 is 4.74 Å². The van der Waals surface area contributed by atoms with Gasteiger partial charge in [0.25, 0.3) is 0 Å². The Balaban J connectivity index is 1.47. The van der Waals surface area contributed by atoms with Gasteiger partial charge in [0.2, 0.25) is 5.95 Å². The van der Waals surface area contributed by atoms with E-state index in [1.807, 2.05) is 31.3 Å². The lowest BCUT2D eigenvalue weighted by atomic mass is 10.00. The number of rotatable bonds is 4. The van der Waals surface area contributed by atoms with E-state index in [1.54, 1.807) is 10.7 Å². The molecule has 1 aliphatic heterocycles. The minimum Gasteiger partial charge on any atom is -0.493 e. The molecule has 0 amide bonds. The van der Waals surface area contributed by atoms with E-state index >= 15 is 0 Å². The number of benzene rings is 2. The second kappa shape index (κ2) is 8.12. The first-order chi connectivity index (χ1) is 15.6. The topological polar surface area (TPSA) is 116 Å². The molecule has 5 rings (SSSR count). The van der Waals surface area contributed by atoms with E-state index < -0.39 is 0 Å². The largest absolute Gasteiger partial charge is 0.493 e. The average Bonchev–Trinajstić information content (AvgIpc) is 3.28. The van der Waals surface area contributed by atoms with E-state index in [0.717, 1.165) is 41.9 Å². The van der Waals surface area contributed by atoms with Gasteiger partial charge in [0.1, 0.15) is 11.4 Å². The van der Waals surface area contributed by atoms with Crippen molar-refractivity contribution in [1.29, 1.82) is 5.26 Å². The third-order valence-corrected chi connectivity index (χ3v) is 5.62. The third kappa shape index (κ3) is 3.65. The molecule has 0 saturated carbocycles. The molecule has 0 unspecified atom stereocenters. The van der Waals surface area contributed by atoms with Gasteiger partial charge in [-0.05, 0) is 43.0 Å². The zero-order valence-corrected chi connectivity index (χ0v) is 17.6. The maximum Gasteiger partial charge on any atom is 0.221 e. The molecular formula is C24H21N7O. The van der Waals surface area contributed by atoms with E-state index in [4.69, 9.17) is 10.5 Å². The summed E-state index contributed by atoms with van der Waals surface area (Å²) in [5.74, 6) is 1.09. The molecule has 2 N–H and O–H groups in total. The van der Waals surface area contributed by atoms with Crippen LogP contribution < -0.4 is 10.5 Å². The highest BCUT2D eigenvalue weighted by molar-refractivity contribution is 5.71. The van der Waals surface area contributed by atoms with Gasteiger partial charge in [0.05, 0.1) is 42.4 Å². The number of nitriles is 1. The zero-order chi connectivity index (χ0) is 22.1. The normalized spacial score (nSPS) is 12.6. The van der Waals surface area contributed by atoms with E-state index in [0.29, 0.717) is 29.2 Å². The second-order valence-electron chi connectivity index (χ2n) is 7.75. The van der Waals surface area contributed by atoms with Crippen LogP contribution in [0.15, 0.2) is 48.7 Å². The fourth-order valence-electron chi connectivity index (χ4n) is 4.02. The summed E-state index contributed by atoms with van der Waals surface area (Å²) >= 11 is 0. The van der Waals surface area contributed by atoms with Crippen molar-refractivity contribution in [2.24, 2.45) is 0 Å². The van der Waals surface area contributed by atoms with Crippen molar-refractivity contribution in [2.45, 2.75) is 26.3 Å². The number of aromatic nitrogens is 5. The molecule has 2 aromatic heterocycles. The van der Waals surface area contributed by atoms with Gasteiger partial charge in [0.15, 0.2) is 0 Å². The lowest BCUT2D eigenvalue weighted by Gasteiger charge is -2.20. The molecule has 0 aliphatic carbocycles. The molecule has 4 aromatic rings. The van der Waals surface area contributed by atoms with Crippen LogP contribution in [0.1, 0.15) is 28.7 Å². The van der Waals surface area contributed by atoms with Crippen molar-refractivity contribution in [3.05, 3.63) is 70.9 Å². The maximum atomic E-state index is 9.34. The van der Waals surface area contributed by atoms with Crippen molar-refractivity contribution in [3.8, 4) is 34.5 Å². The van der Waals surface area contributed by atoms with Crippen LogP contribution in [0.4, 0.5) is 5.95 Å². The van der Waals surface area contributed by atoms with Crippen LogP contribution in [0, 0.1) is 18.3 Å². The Morgan fingerprint density at radius 3 is 2.84 bits per heavy atom. The lowest BCUT2D eigenvalue weighted by molar-refractivity contribution is 0.284. The number of anilines is 1. The van der Waals surface area contributed by atoms with Crippen LogP contribution in [-0.2, 0) is 13.0 Å². The molecule has 158 valence electrons. The quantitative estimate of drug-likeness (QED) is 0.534. The van der Waals surface area contributed by atoms with Gasteiger partial charge in [0, 0.05) is 11.1 Å². The Labute approximate surface area is 185 Å². The van der Waals surface area contributed by atoms with Crippen LogP contribution in [0.3, 0.4) is 0 Å². The number of aryl methyl sites for hydroxylation is 1. The van der Waals surface area contributed by atoms with Crippen molar-refractivity contribution in [3.63, 3.8) is 0 Å². The first-order valence-corrected chi connectivity index (χ1v) is 10.4. The molecule has 32 heavy (non-hydrogen) atoms. The van der Waals surface area contributed by atoms with Crippen molar-refractivity contribution >= 4 is 5.95 Å². The summed E-state index contributed by atoms with van der Waals surface area (Å²) < 4.78 is 7.67. The predicted octanol–water partition coefficient (Wildman–Crippen LogP) is 3.54. The average molecular weight is 423 g/mol. The number of fused-ring (bicyclic) bond motifs is 1. The minimum absolute atomic E-state index is 0.138. The Kier molecular flexibility index (Phi) is 5.00. The third-order valence-electron chi connectivity index (χ3n) is 5.62. The molecule has 0 radical (unpaired) electrons. The molecule has 0 fully saturated rings. The summed E-state index contributed by atoms with van der Waals surface area (Å²) in [6, 6.07) is 15.8. The highest BCUT2D eigenvalue weighted by Gasteiger charge is 2.16. The molecule has 3 heterocycles. The summed E-state index contributed by atoms with van der Waals surface area (Å²) in [7, 11) is 0. The molecule has 2 aromatic carbocycles. The number of hydrogen-bond acceptors (Lipinski definition) is 7. The number of para-hydroxylation sites is 1. The van der Waals surface area contributed by atoms with E-state index in [9.17, 15) is 5.26 Å². The summed E-state index contributed by atoms with van der Waals surface area (Å²) in [4.78, 5) is 8.73. The zero-order valence-electron chi connectivity index (χ0n) is 17.6. The van der Waals surface area contributed by atoms with Crippen LogP contribution in [0.2, 0.25) is 0 Å². The van der Waals surface area contributed by atoms with Crippen molar-refractivity contribution in [1.82, 2.24) is 25.0 Å². The highest BCUT2D eigenvalue weighted by atomic mass is 16.5. The highest BCUT2D eigenvalue weighted by Crippen LogP contribution is 2.30. The van der Waals surface area contributed by atoms with Gasteiger partial charge in [-0.1, -0.05) is 35.5 Å². The van der Waals surface area contributed by atoms with E-state index in [1.165, 1.54) is 5.56 Å². The fraction of sp³-hybridized carbons (Fsp3) is 0.208. The number of nitrogens with zero attached hydrogens (tertiary/aromatic N) is 6. The molecule has 1 aliphatic rings. The standard InChI is InChI=1S/C24H21N7O/c1-15-17(12-25)6-3-9-19(15)20-11-21(28-24(26)27-20)22-14-31(30-29-22)13-18-7-2-5-16-8-4-10-32-23(16)18/h2-3,5-7,9,11,14H,4,8,10,13H2,1H3,(H2,26,27,28). The van der Waals surface area contributed by atoms with Crippen LogP contribution in [0.5, 0.6) is 5.75 Å². The van der Waals surface area contributed by atoms with Crippen LogP contribution >= 0.6 is 0 Å². The number of nitrogen functional groups attached to an aromatic ring is 1. The first kappa shape index (κ1) is 19.7. The van der Waals surface area contributed by atoms with Gasteiger partial charge < -0.3 is 10.5 Å². The van der Waals surface area contributed by atoms with Gasteiger partial charge in [-0.2, -0.15) is 5.26 Å². The lowest BCUT2D eigenvalue weighted by Crippen LogP contribution is -2.12. The molecular weight excluding hydrogens is 402 g/mol. The number of hydrogen-bond donors (Lipinski definition) is 1. The second-order valence-corrected chi connectivity index (χ2v) is 7.75. The fourth-order valence-corrected chi connectivity index (χ4v) is 4.02. The Morgan fingerprint density at radius 1 is 1.12 bits per heavy atom. The SMILES string of the molecule is Cc1c(C#N)cccc1-c1cc(-c2cn(Cc3cccc4c3OCCC4)nn2)nc(N)n1. The molecule has 0 bridgehead atoms. The van der Waals surface area contributed by atoms with Gasteiger partial charge in [-0.25, -0.2) is 14.6 Å². The predicted molar refractivity (Wildman–Crippen MR) is 120 cm³/mol. The van der Waals surface area contributed by atoms with Crippen LogP contribution in [-0.4, -0.2) is 31.6 Å². The molecule has 0 spiro atoms. The Bertz CT molecular complexity index is 1350. The van der Waals surface area contributed by atoms with Crippen LogP contribution in [0.25, 0.3) is 22.6 Å². The summed E-state index contributed by atoms with van der Waals surface area (Å²) in [5, 5.41) is 17.9. The van der Waals surface area contributed by atoms with Crippen molar-refractivity contribution in [2.75, 3.05) is 12.3 Å². The minimum atomic E-state index is 0.138. The number of nitrogens with two attached hydrogens (primary N) is 1. The molecule has 8 heteroatoms. The van der Waals surface area contributed by atoms with Gasteiger partial charge in [-0.15, -0.1) is 5.10 Å². The first-order valence-electron chi connectivity index (χ1n) is 10.4. The summed E-state index contributed by atoms with van der Waals surface area (Å²) in [6.45, 7) is 3.18.